The number of nitrogens with zero attached hydrogens (tertiary/aromatic N) is 1. The van der Waals surface area contributed by atoms with Crippen LogP contribution in [0, 0.1) is 17.3 Å². The molecule has 0 heterocycles. The van der Waals surface area contributed by atoms with Crippen LogP contribution < -0.4 is 4.74 Å². The average molecular weight is 404 g/mol. The van der Waals surface area contributed by atoms with Gasteiger partial charge in [-0.15, -0.1) is 0 Å². The lowest BCUT2D eigenvalue weighted by atomic mass is 9.98. The topological polar surface area (TPSA) is 12.5 Å². The highest BCUT2D eigenvalue weighted by molar-refractivity contribution is 5.28. The van der Waals surface area contributed by atoms with Crippen LogP contribution in [0.4, 0.5) is 0 Å². The highest BCUT2D eigenvalue weighted by Gasteiger charge is 2.03. The maximum Gasteiger partial charge on any atom is 0.119 e. The first kappa shape index (κ1) is 23.8. The van der Waals surface area contributed by atoms with Crippen LogP contribution in [0.15, 0.2) is 66.7 Å². The summed E-state index contributed by atoms with van der Waals surface area (Å²) < 4.78 is 5.97. The minimum atomic E-state index is 0.0541. The van der Waals surface area contributed by atoms with Crippen LogP contribution >= 0.6 is 0 Å². The van der Waals surface area contributed by atoms with Gasteiger partial charge in [-0.2, -0.15) is 0 Å². The second kappa shape index (κ2) is 12.9. The molecule has 0 atom stereocenters. The molecule has 160 valence electrons. The first-order chi connectivity index (χ1) is 14.4. The van der Waals surface area contributed by atoms with E-state index in [-0.39, 0.29) is 5.41 Å². The van der Waals surface area contributed by atoms with E-state index in [1.165, 1.54) is 24.0 Å². The molecule has 0 radical (unpaired) electrons. The van der Waals surface area contributed by atoms with Crippen molar-refractivity contribution in [1.82, 2.24) is 4.90 Å². The molecule has 0 aliphatic rings. The molecule has 0 saturated carbocycles. The molecule has 0 fully saturated rings. The Hall–Kier alpha value is -2.50. The van der Waals surface area contributed by atoms with Gasteiger partial charge >= 0.3 is 0 Å². The molecule has 2 nitrogen and oxygen atoms in total. The van der Waals surface area contributed by atoms with Crippen molar-refractivity contribution < 1.29 is 4.74 Å². The summed E-state index contributed by atoms with van der Waals surface area (Å²) in [5.74, 6) is 7.31. The lowest BCUT2D eigenvalue weighted by Gasteiger charge is -2.15. The fourth-order valence-electron chi connectivity index (χ4n) is 3.10. The third-order valence-corrected chi connectivity index (χ3v) is 4.64. The van der Waals surface area contributed by atoms with Gasteiger partial charge in [0, 0.05) is 18.5 Å². The first-order valence-electron chi connectivity index (χ1n) is 11.0. The zero-order valence-electron chi connectivity index (χ0n) is 19.2. The highest BCUT2D eigenvalue weighted by Crippen LogP contribution is 2.16. The van der Waals surface area contributed by atoms with Crippen LogP contribution in [0.1, 0.15) is 51.2 Å². The minimum absolute atomic E-state index is 0.0541. The van der Waals surface area contributed by atoms with Crippen molar-refractivity contribution in [2.24, 2.45) is 5.41 Å². The molecule has 0 aliphatic carbocycles. The van der Waals surface area contributed by atoms with Gasteiger partial charge in [-0.25, -0.2) is 0 Å². The summed E-state index contributed by atoms with van der Waals surface area (Å²) in [6.45, 7) is 8.93. The van der Waals surface area contributed by atoms with Crippen LogP contribution in [0.5, 0.6) is 5.75 Å². The number of hydrogen-bond donors (Lipinski definition) is 0. The Balaban J connectivity index is 1.66. The molecule has 0 saturated heterocycles. The molecule has 2 heteroatoms. The monoisotopic (exact) mass is 403 g/mol. The van der Waals surface area contributed by atoms with Crippen molar-refractivity contribution in [3.8, 4) is 17.6 Å². The van der Waals surface area contributed by atoms with E-state index in [2.05, 4.69) is 105 Å². The normalized spacial score (nSPS) is 11.5. The third kappa shape index (κ3) is 10.9. The molecule has 2 aromatic rings. The summed E-state index contributed by atoms with van der Waals surface area (Å²) >= 11 is 0. The van der Waals surface area contributed by atoms with E-state index in [0.717, 1.165) is 38.3 Å². The molecule has 2 aromatic carbocycles. The Kier molecular flexibility index (Phi) is 10.3. The maximum absolute atomic E-state index is 5.97. The van der Waals surface area contributed by atoms with Gasteiger partial charge in [-0.3, -0.25) is 4.90 Å². The van der Waals surface area contributed by atoms with E-state index in [0.29, 0.717) is 0 Å². The van der Waals surface area contributed by atoms with Crippen molar-refractivity contribution in [2.45, 2.75) is 53.0 Å². The number of aryl methyl sites for hydroxylation is 1. The lowest BCUT2D eigenvalue weighted by molar-refractivity contribution is 0.304. The van der Waals surface area contributed by atoms with Crippen molar-refractivity contribution >= 4 is 0 Å². The van der Waals surface area contributed by atoms with Crippen LogP contribution in [0.3, 0.4) is 0 Å². The second-order valence-electron chi connectivity index (χ2n) is 8.91. The molecular formula is C28H37NO. The van der Waals surface area contributed by atoms with Gasteiger partial charge in [0.15, 0.2) is 0 Å². The Morgan fingerprint density at radius 3 is 2.47 bits per heavy atom. The lowest BCUT2D eigenvalue weighted by Crippen LogP contribution is -2.17. The van der Waals surface area contributed by atoms with Gasteiger partial charge in [-0.05, 0) is 82.8 Å². The average Bonchev–Trinajstić information content (AvgIpc) is 2.70. The molecule has 30 heavy (non-hydrogen) atoms. The molecule has 0 bridgehead atoms. The summed E-state index contributed by atoms with van der Waals surface area (Å²) in [7, 11) is 2.13. The molecule has 0 aliphatic heterocycles. The standard InChI is InChI=1S/C28H37NO/c1-28(2,3)20-11-7-12-21-29(4)24-26-18-14-19-27(23-26)30-22-13-6-10-17-25-15-8-5-9-16-25/h5,7-9,12,14-16,18-19,23H,6,10,13,17,21-22,24H2,1-4H3. The SMILES string of the molecule is CN(CC=CC#CC(C)(C)C)Cc1cccc(OCCCCCc2ccccc2)c1. The minimum Gasteiger partial charge on any atom is -0.494 e. The number of unbranched alkanes of at least 4 members (excludes halogenated alkanes) is 2. The summed E-state index contributed by atoms with van der Waals surface area (Å²) in [5, 5.41) is 0. The zero-order valence-corrected chi connectivity index (χ0v) is 19.2. The fraction of sp³-hybridized carbons (Fsp3) is 0.429. The van der Waals surface area contributed by atoms with Gasteiger partial charge < -0.3 is 4.74 Å². The van der Waals surface area contributed by atoms with Crippen LogP contribution in [-0.2, 0) is 13.0 Å². The van der Waals surface area contributed by atoms with Crippen LogP contribution in [0.25, 0.3) is 0 Å². The van der Waals surface area contributed by atoms with Crippen molar-refractivity contribution in [3.63, 3.8) is 0 Å². The van der Waals surface area contributed by atoms with Gasteiger partial charge in [-0.1, -0.05) is 60.4 Å². The second-order valence-corrected chi connectivity index (χ2v) is 8.91. The number of hydrogen-bond acceptors (Lipinski definition) is 2. The number of ether oxygens (including phenoxy) is 1. The zero-order chi connectivity index (χ0) is 21.7. The highest BCUT2D eigenvalue weighted by atomic mass is 16.5. The number of likely N-dealkylation sites (N-methyl/N-ethyl adjacent to an activating group) is 1. The molecule has 0 aromatic heterocycles. The first-order valence-corrected chi connectivity index (χ1v) is 11.0. The predicted octanol–water partition coefficient (Wildman–Crippen LogP) is 6.52. The summed E-state index contributed by atoms with van der Waals surface area (Å²) in [5.41, 5.74) is 2.75. The summed E-state index contributed by atoms with van der Waals surface area (Å²) in [6, 6.07) is 19.1. The van der Waals surface area contributed by atoms with Crippen molar-refractivity contribution in [3.05, 3.63) is 77.9 Å². The van der Waals surface area contributed by atoms with Gasteiger partial charge in [0.1, 0.15) is 5.75 Å². The molecule has 2 rings (SSSR count). The van der Waals surface area contributed by atoms with E-state index in [1.54, 1.807) is 0 Å². The fourth-order valence-corrected chi connectivity index (χ4v) is 3.10. The molecular weight excluding hydrogens is 366 g/mol. The predicted molar refractivity (Wildman–Crippen MR) is 129 cm³/mol. The molecule has 0 amide bonds. The third-order valence-electron chi connectivity index (χ3n) is 4.64. The van der Waals surface area contributed by atoms with E-state index in [9.17, 15) is 0 Å². The maximum atomic E-state index is 5.97. The molecule has 0 unspecified atom stereocenters. The van der Waals surface area contributed by atoms with Gasteiger partial charge in [0.2, 0.25) is 0 Å². The molecule has 0 spiro atoms. The van der Waals surface area contributed by atoms with E-state index in [4.69, 9.17) is 4.74 Å². The number of allylic oxidation sites excluding steroid dienone is 1. The molecule has 0 N–H and O–H groups in total. The largest absolute Gasteiger partial charge is 0.494 e. The number of benzene rings is 2. The smallest absolute Gasteiger partial charge is 0.119 e. The van der Waals surface area contributed by atoms with E-state index >= 15 is 0 Å². The summed E-state index contributed by atoms with van der Waals surface area (Å²) in [4.78, 5) is 2.28. The van der Waals surface area contributed by atoms with E-state index < -0.39 is 0 Å². The van der Waals surface area contributed by atoms with Gasteiger partial charge in [0.25, 0.3) is 0 Å². The van der Waals surface area contributed by atoms with Crippen LogP contribution in [0.2, 0.25) is 0 Å². The van der Waals surface area contributed by atoms with Crippen molar-refractivity contribution in [2.75, 3.05) is 20.2 Å². The summed E-state index contributed by atoms with van der Waals surface area (Å²) in [6.07, 6.45) is 8.73. The Morgan fingerprint density at radius 2 is 1.70 bits per heavy atom. The van der Waals surface area contributed by atoms with Gasteiger partial charge in [0.05, 0.1) is 6.61 Å². The quantitative estimate of drug-likeness (QED) is 0.313. The van der Waals surface area contributed by atoms with Crippen molar-refractivity contribution in [1.29, 1.82) is 0 Å². The Morgan fingerprint density at radius 1 is 0.933 bits per heavy atom. The number of rotatable bonds is 11. The Bertz CT molecular complexity index is 821. The van der Waals surface area contributed by atoms with Crippen LogP contribution in [-0.4, -0.2) is 25.1 Å². The van der Waals surface area contributed by atoms with E-state index in [1.807, 2.05) is 6.08 Å². The Labute approximate surface area is 184 Å².